The number of amides is 1. The minimum Gasteiger partial charge on any atom is -0.440 e. The third-order valence-corrected chi connectivity index (χ3v) is 5.68. The lowest BCUT2D eigenvalue weighted by Gasteiger charge is -2.38. The van der Waals surface area contributed by atoms with E-state index in [-0.39, 0.29) is 17.4 Å². The molecule has 1 aliphatic heterocycles. The minimum absolute atomic E-state index is 0.202. The molecule has 0 radical (unpaired) electrons. The van der Waals surface area contributed by atoms with E-state index in [0.29, 0.717) is 18.3 Å². The van der Waals surface area contributed by atoms with Gasteiger partial charge in [0.1, 0.15) is 11.3 Å². The van der Waals surface area contributed by atoms with Crippen LogP contribution >= 0.6 is 0 Å². The highest BCUT2D eigenvalue weighted by molar-refractivity contribution is 6.19. The van der Waals surface area contributed by atoms with Gasteiger partial charge in [-0.05, 0) is 56.0 Å². The van der Waals surface area contributed by atoms with Gasteiger partial charge in [0.2, 0.25) is 5.88 Å². The topological polar surface area (TPSA) is 68.7 Å². The molecule has 1 heterocycles. The molecular weight excluding hydrogens is 376 g/mol. The first kappa shape index (κ1) is 20.0. The third-order valence-electron chi connectivity index (χ3n) is 5.68. The molecule has 0 saturated heterocycles. The van der Waals surface area contributed by atoms with E-state index in [1.165, 1.54) is 12.8 Å². The maximum atomic E-state index is 13.5. The summed E-state index contributed by atoms with van der Waals surface area (Å²) in [6, 6.07) is 14.5. The Kier molecular flexibility index (Phi) is 5.48. The smallest absolute Gasteiger partial charge is 0.265 e. The molecule has 6 heteroatoms. The van der Waals surface area contributed by atoms with Crippen molar-refractivity contribution in [3.8, 4) is 5.75 Å². The van der Waals surface area contributed by atoms with Crippen LogP contribution in [0.1, 0.15) is 24.0 Å². The highest BCUT2D eigenvalue weighted by Crippen LogP contribution is 2.40. The van der Waals surface area contributed by atoms with Crippen molar-refractivity contribution in [3.05, 3.63) is 65.0 Å². The molecule has 2 aromatic rings. The Bertz CT molecular complexity index is 1010. The second kappa shape index (κ2) is 8.22. The first-order valence-electron chi connectivity index (χ1n) is 10.4. The number of hydrogen-bond donors (Lipinski definition) is 2. The zero-order chi connectivity index (χ0) is 21.3. The number of anilines is 2. The second-order valence-corrected chi connectivity index (χ2v) is 7.88. The van der Waals surface area contributed by atoms with Crippen molar-refractivity contribution in [2.45, 2.75) is 32.7 Å². The molecule has 1 fully saturated rings. The van der Waals surface area contributed by atoms with Crippen LogP contribution in [-0.2, 0) is 4.79 Å². The van der Waals surface area contributed by atoms with Crippen molar-refractivity contribution in [3.63, 3.8) is 0 Å². The number of carbonyl (C=O) groups is 1. The first-order chi connectivity index (χ1) is 14.5. The normalized spacial score (nSPS) is 16.5. The van der Waals surface area contributed by atoms with Crippen molar-refractivity contribution in [2.24, 2.45) is 0 Å². The van der Waals surface area contributed by atoms with Gasteiger partial charge in [-0.2, -0.15) is 0 Å². The molecule has 4 rings (SSSR count). The van der Waals surface area contributed by atoms with Crippen molar-refractivity contribution >= 4 is 23.5 Å². The summed E-state index contributed by atoms with van der Waals surface area (Å²) in [7, 11) is 1.70. The summed E-state index contributed by atoms with van der Waals surface area (Å²) in [4.78, 5) is 17.7. The van der Waals surface area contributed by atoms with Crippen molar-refractivity contribution in [2.75, 3.05) is 29.9 Å². The molecule has 2 aromatic carbocycles. The van der Waals surface area contributed by atoms with Crippen LogP contribution in [0.5, 0.6) is 5.75 Å². The van der Waals surface area contributed by atoms with Crippen LogP contribution in [0, 0.1) is 19.3 Å². The van der Waals surface area contributed by atoms with Gasteiger partial charge >= 0.3 is 0 Å². The van der Waals surface area contributed by atoms with Crippen molar-refractivity contribution < 1.29 is 9.53 Å². The standard InChI is InChI=1S/C24H28N4O2/c1-16-8-9-17(2)22(14-16)30-23(26-3)19(15-25)24(29)28-13-12-27(18-10-11-18)20-6-4-5-7-21(20)28/h4-9,14-15,18,25-26H,10-13H2,1-3H3/b23-19-,25-15?. The Morgan fingerprint density at radius 3 is 2.53 bits per heavy atom. The number of benzene rings is 2. The fourth-order valence-electron chi connectivity index (χ4n) is 3.90. The van der Waals surface area contributed by atoms with E-state index in [0.717, 1.165) is 35.3 Å². The Morgan fingerprint density at radius 1 is 1.13 bits per heavy atom. The zero-order valence-electron chi connectivity index (χ0n) is 17.7. The molecule has 1 amide bonds. The van der Waals surface area contributed by atoms with Gasteiger partial charge in [-0.15, -0.1) is 0 Å². The minimum atomic E-state index is -0.234. The summed E-state index contributed by atoms with van der Waals surface area (Å²) < 4.78 is 6.06. The molecule has 30 heavy (non-hydrogen) atoms. The van der Waals surface area contributed by atoms with E-state index in [2.05, 4.69) is 16.3 Å². The lowest BCUT2D eigenvalue weighted by molar-refractivity contribution is -0.114. The molecule has 156 valence electrons. The van der Waals surface area contributed by atoms with Crippen LogP contribution in [0.3, 0.4) is 0 Å². The largest absolute Gasteiger partial charge is 0.440 e. The Hall–Kier alpha value is -3.28. The van der Waals surface area contributed by atoms with Gasteiger partial charge in [-0.3, -0.25) is 4.79 Å². The van der Waals surface area contributed by atoms with E-state index < -0.39 is 0 Å². The predicted octanol–water partition coefficient (Wildman–Crippen LogP) is 3.78. The quantitative estimate of drug-likeness (QED) is 0.437. The van der Waals surface area contributed by atoms with Crippen LogP contribution in [-0.4, -0.2) is 38.3 Å². The summed E-state index contributed by atoms with van der Waals surface area (Å²) >= 11 is 0. The van der Waals surface area contributed by atoms with Gasteiger partial charge in [0.05, 0.1) is 11.4 Å². The number of para-hydroxylation sites is 2. The Labute approximate surface area is 177 Å². The number of hydrogen-bond acceptors (Lipinski definition) is 5. The average Bonchev–Trinajstić information content (AvgIpc) is 3.60. The summed E-state index contributed by atoms with van der Waals surface area (Å²) in [5, 5.41) is 10.9. The van der Waals surface area contributed by atoms with E-state index in [4.69, 9.17) is 10.1 Å². The molecule has 0 aromatic heterocycles. The van der Waals surface area contributed by atoms with Gasteiger partial charge in [0.15, 0.2) is 0 Å². The monoisotopic (exact) mass is 404 g/mol. The van der Waals surface area contributed by atoms with Gasteiger partial charge in [-0.1, -0.05) is 24.3 Å². The van der Waals surface area contributed by atoms with Crippen molar-refractivity contribution in [1.82, 2.24) is 5.32 Å². The number of fused-ring (bicyclic) bond motifs is 1. The second-order valence-electron chi connectivity index (χ2n) is 7.88. The summed E-state index contributed by atoms with van der Waals surface area (Å²) in [5.41, 5.74) is 4.22. The third kappa shape index (κ3) is 3.77. The number of nitrogens with one attached hydrogen (secondary N) is 2. The molecule has 0 bridgehead atoms. The molecule has 2 aliphatic rings. The lowest BCUT2D eigenvalue weighted by Crippen LogP contribution is -2.46. The van der Waals surface area contributed by atoms with Crippen LogP contribution in [0.15, 0.2) is 53.9 Å². The predicted molar refractivity (Wildman–Crippen MR) is 121 cm³/mol. The number of ether oxygens (including phenoxy) is 1. The van der Waals surface area contributed by atoms with Crippen LogP contribution in [0.2, 0.25) is 0 Å². The Morgan fingerprint density at radius 2 is 1.87 bits per heavy atom. The van der Waals surface area contributed by atoms with Gasteiger partial charge in [0, 0.05) is 32.4 Å². The van der Waals surface area contributed by atoms with Gasteiger partial charge in [0.25, 0.3) is 5.91 Å². The van der Waals surface area contributed by atoms with Gasteiger partial charge < -0.3 is 25.3 Å². The highest BCUT2D eigenvalue weighted by Gasteiger charge is 2.36. The number of nitrogens with zero attached hydrogens (tertiary/aromatic N) is 2. The average molecular weight is 405 g/mol. The molecule has 0 spiro atoms. The van der Waals surface area contributed by atoms with E-state index in [9.17, 15) is 4.79 Å². The summed E-state index contributed by atoms with van der Waals surface area (Å²) in [6.45, 7) is 5.34. The van der Waals surface area contributed by atoms with E-state index >= 15 is 0 Å². The first-order valence-corrected chi connectivity index (χ1v) is 10.4. The van der Waals surface area contributed by atoms with E-state index in [1.807, 2.05) is 50.2 Å². The molecule has 1 aliphatic carbocycles. The van der Waals surface area contributed by atoms with Crippen LogP contribution < -0.4 is 19.9 Å². The molecular formula is C24H28N4O2. The number of aryl methyl sites for hydroxylation is 2. The SMILES string of the molecule is CN/C(Oc1cc(C)ccc1C)=C(\C=N)C(=O)N1CCN(C2CC2)c2ccccc21. The number of carbonyl (C=O) groups excluding carboxylic acids is 1. The molecule has 2 N–H and O–H groups in total. The zero-order valence-corrected chi connectivity index (χ0v) is 17.7. The van der Waals surface area contributed by atoms with Crippen molar-refractivity contribution in [1.29, 1.82) is 5.41 Å². The summed E-state index contributed by atoms with van der Waals surface area (Å²) in [5.74, 6) is 0.721. The van der Waals surface area contributed by atoms with Gasteiger partial charge in [-0.25, -0.2) is 0 Å². The van der Waals surface area contributed by atoms with Crippen LogP contribution in [0.25, 0.3) is 0 Å². The molecule has 6 nitrogen and oxygen atoms in total. The fraction of sp³-hybridized carbons (Fsp3) is 0.333. The molecule has 0 atom stereocenters. The highest BCUT2D eigenvalue weighted by atomic mass is 16.5. The molecule has 1 saturated carbocycles. The summed E-state index contributed by atoms with van der Waals surface area (Å²) in [6.07, 6.45) is 3.50. The van der Waals surface area contributed by atoms with Crippen LogP contribution in [0.4, 0.5) is 11.4 Å². The number of rotatable bonds is 6. The maximum absolute atomic E-state index is 13.5. The van der Waals surface area contributed by atoms with E-state index in [1.54, 1.807) is 11.9 Å². The fourth-order valence-corrected chi connectivity index (χ4v) is 3.90. The Balaban J connectivity index is 1.68. The lowest BCUT2D eigenvalue weighted by atomic mass is 10.1. The maximum Gasteiger partial charge on any atom is 0.265 e. The molecule has 0 unspecified atom stereocenters.